The first kappa shape index (κ1) is 22.7. The van der Waals surface area contributed by atoms with Gasteiger partial charge in [-0.05, 0) is 48.0 Å². The van der Waals surface area contributed by atoms with Crippen molar-refractivity contribution in [2.75, 3.05) is 4.90 Å². The lowest BCUT2D eigenvalue weighted by Crippen LogP contribution is -2.31. The van der Waals surface area contributed by atoms with Gasteiger partial charge in [-0.1, -0.05) is 58.8 Å². The van der Waals surface area contributed by atoms with Gasteiger partial charge in [-0.2, -0.15) is 0 Å². The SMILES string of the molecule is O=C(C1=C(O)C(=O)N(c2nc3ccc(F)cc3s2)C1c1ccc(Cl)c(Cl)c1)c1cc2ccccc2o1. The molecule has 0 saturated heterocycles. The van der Waals surface area contributed by atoms with E-state index in [2.05, 4.69) is 4.98 Å². The van der Waals surface area contributed by atoms with E-state index >= 15 is 0 Å². The third kappa shape index (κ3) is 3.57. The highest BCUT2D eigenvalue weighted by molar-refractivity contribution is 7.22. The molecule has 1 unspecified atom stereocenters. The third-order valence-electron chi connectivity index (χ3n) is 5.91. The Morgan fingerprint density at radius 3 is 2.64 bits per heavy atom. The fraction of sp³-hybridized carbons (Fsp3) is 0.0385. The second-order valence-electron chi connectivity index (χ2n) is 8.10. The van der Waals surface area contributed by atoms with Gasteiger partial charge in [-0.3, -0.25) is 14.5 Å². The molecular weight excluding hydrogens is 526 g/mol. The number of rotatable bonds is 4. The molecule has 0 bridgehead atoms. The number of carbonyl (C=O) groups is 2. The van der Waals surface area contributed by atoms with Crippen molar-refractivity contribution in [2.45, 2.75) is 6.04 Å². The molecule has 36 heavy (non-hydrogen) atoms. The molecule has 0 spiro atoms. The lowest BCUT2D eigenvalue weighted by molar-refractivity contribution is -0.117. The van der Waals surface area contributed by atoms with Crippen LogP contribution in [0.1, 0.15) is 22.2 Å². The second-order valence-corrected chi connectivity index (χ2v) is 9.92. The summed E-state index contributed by atoms with van der Waals surface area (Å²) in [6, 6.07) is 16.3. The van der Waals surface area contributed by atoms with Crippen LogP contribution in [0.3, 0.4) is 0 Å². The van der Waals surface area contributed by atoms with E-state index in [-0.39, 0.29) is 26.5 Å². The maximum atomic E-state index is 13.8. The second kappa shape index (κ2) is 8.44. The van der Waals surface area contributed by atoms with Crippen molar-refractivity contribution in [3.05, 3.63) is 105 Å². The Bertz CT molecular complexity index is 1730. The normalized spacial score (nSPS) is 16.0. The van der Waals surface area contributed by atoms with Crippen LogP contribution >= 0.6 is 34.5 Å². The average Bonchev–Trinajstić information content (AvgIpc) is 3.54. The van der Waals surface area contributed by atoms with E-state index in [1.54, 1.807) is 36.4 Å². The van der Waals surface area contributed by atoms with E-state index in [0.29, 0.717) is 26.7 Å². The van der Waals surface area contributed by atoms with Gasteiger partial charge in [0.2, 0.25) is 5.78 Å². The van der Waals surface area contributed by atoms with Gasteiger partial charge in [-0.15, -0.1) is 0 Å². The summed E-state index contributed by atoms with van der Waals surface area (Å²) < 4.78 is 20.0. The number of aliphatic hydroxyl groups is 1. The van der Waals surface area contributed by atoms with Crippen molar-refractivity contribution in [1.29, 1.82) is 0 Å². The Labute approximate surface area is 216 Å². The summed E-state index contributed by atoms with van der Waals surface area (Å²) in [6.45, 7) is 0. The molecule has 6 nitrogen and oxygen atoms in total. The predicted molar refractivity (Wildman–Crippen MR) is 136 cm³/mol. The average molecular weight is 539 g/mol. The van der Waals surface area contributed by atoms with Crippen LogP contribution < -0.4 is 4.90 Å². The number of hydrogen-bond acceptors (Lipinski definition) is 6. The molecule has 10 heteroatoms. The van der Waals surface area contributed by atoms with Crippen LogP contribution in [-0.2, 0) is 4.79 Å². The Hall–Kier alpha value is -3.72. The highest BCUT2D eigenvalue weighted by Crippen LogP contribution is 2.45. The number of aliphatic hydroxyl groups excluding tert-OH is 1. The molecule has 0 aliphatic carbocycles. The molecule has 1 amide bonds. The number of amides is 1. The maximum absolute atomic E-state index is 13.8. The summed E-state index contributed by atoms with van der Waals surface area (Å²) in [5, 5.41) is 12.3. The number of benzene rings is 3. The highest BCUT2D eigenvalue weighted by atomic mass is 35.5. The molecule has 5 aromatic rings. The quantitative estimate of drug-likeness (QED) is 0.243. The van der Waals surface area contributed by atoms with Crippen molar-refractivity contribution in [2.24, 2.45) is 0 Å². The molecular formula is C26H13Cl2FN2O4S. The van der Waals surface area contributed by atoms with Gasteiger partial charge in [0, 0.05) is 5.39 Å². The van der Waals surface area contributed by atoms with Crippen LogP contribution in [-0.4, -0.2) is 21.8 Å². The van der Waals surface area contributed by atoms with Gasteiger partial charge >= 0.3 is 0 Å². The van der Waals surface area contributed by atoms with E-state index in [1.165, 1.54) is 35.2 Å². The van der Waals surface area contributed by atoms with E-state index < -0.39 is 29.3 Å². The molecule has 1 N–H and O–H groups in total. The van der Waals surface area contributed by atoms with E-state index in [9.17, 15) is 19.1 Å². The number of furan rings is 1. The molecule has 2 aromatic heterocycles. The number of thiazole rings is 1. The largest absolute Gasteiger partial charge is 0.503 e. The first-order valence-electron chi connectivity index (χ1n) is 10.6. The fourth-order valence-electron chi connectivity index (χ4n) is 4.25. The standard InChI is InChI=1S/C26H13Cl2FN2O4S/c27-15-7-5-13(9-16(15)28)22-21(23(32)19-10-12-3-1-2-4-18(12)35-19)24(33)25(34)31(22)26-30-17-8-6-14(29)11-20(17)36-26/h1-11,22,33H. The van der Waals surface area contributed by atoms with Gasteiger partial charge in [0.1, 0.15) is 11.4 Å². The minimum atomic E-state index is -1.08. The number of anilines is 1. The van der Waals surface area contributed by atoms with Crippen molar-refractivity contribution in [3.8, 4) is 0 Å². The number of carbonyl (C=O) groups excluding carboxylic acids is 2. The van der Waals surface area contributed by atoms with Crippen molar-refractivity contribution in [3.63, 3.8) is 0 Å². The molecule has 1 atom stereocenters. The molecule has 6 rings (SSSR count). The number of fused-ring (bicyclic) bond motifs is 2. The minimum Gasteiger partial charge on any atom is -0.503 e. The number of aromatic nitrogens is 1. The Morgan fingerprint density at radius 2 is 1.86 bits per heavy atom. The number of halogens is 3. The van der Waals surface area contributed by atoms with Gasteiger partial charge in [-0.25, -0.2) is 9.37 Å². The molecule has 3 aromatic carbocycles. The van der Waals surface area contributed by atoms with Gasteiger partial charge in [0.15, 0.2) is 16.7 Å². The zero-order valence-electron chi connectivity index (χ0n) is 18.0. The van der Waals surface area contributed by atoms with Crippen LogP contribution in [0, 0.1) is 5.82 Å². The maximum Gasteiger partial charge on any atom is 0.296 e. The van der Waals surface area contributed by atoms with Crippen molar-refractivity contribution < 1.29 is 23.5 Å². The van der Waals surface area contributed by atoms with Crippen molar-refractivity contribution in [1.82, 2.24) is 4.98 Å². The number of para-hydroxylation sites is 1. The summed E-state index contributed by atoms with van der Waals surface area (Å²) in [7, 11) is 0. The Balaban J connectivity index is 1.53. The summed E-state index contributed by atoms with van der Waals surface area (Å²) in [4.78, 5) is 32.7. The zero-order chi connectivity index (χ0) is 25.1. The molecule has 1 aliphatic rings. The molecule has 0 saturated carbocycles. The Morgan fingerprint density at radius 1 is 1.06 bits per heavy atom. The highest BCUT2D eigenvalue weighted by Gasteiger charge is 2.46. The third-order valence-corrected chi connectivity index (χ3v) is 7.66. The van der Waals surface area contributed by atoms with Crippen LogP contribution in [0.2, 0.25) is 10.0 Å². The first-order valence-corrected chi connectivity index (χ1v) is 12.2. The van der Waals surface area contributed by atoms with Gasteiger partial charge < -0.3 is 9.52 Å². The monoisotopic (exact) mass is 538 g/mol. The van der Waals surface area contributed by atoms with E-state index in [4.69, 9.17) is 27.6 Å². The molecule has 0 fully saturated rings. The number of nitrogens with zero attached hydrogens (tertiary/aromatic N) is 2. The van der Waals surface area contributed by atoms with Crippen molar-refractivity contribution >= 4 is 72.5 Å². The summed E-state index contributed by atoms with van der Waals surface area (Å²) in [6.07, 6.45) is 0. The summed E-state index contributed by atoms with van der Waals surface area (Å²) in [5.41, 5.74) is 1.18. The predicted octanol–water partition coefficient (Wildman–Crippen LogP) is 7.27. The molecule has 3 heterocycles. The first-order chi connectivity index (χ1) is 17.3. The lowest BCUT2D eigenvalue weighted by atomic mass is 9.95. The van der Waals surface area contributed by atoms with Crippen LogP contribution in [0.5, 0.6) is 0 Å². The van der Waals surface area contributed by atoms with Gasteiger partial charge in [0.25, 0.3) is 5.91 Å². The van der Waals surface area contributed by atoms with E-state index in [1.807, 2.05) is 0 Å². The lowest BCUT2D eigenvalue weighted by Gasteiger charge is -2.24. The molecule has 0 radical (unpaired) electrons. The molecule has 1 aliphatic heterocycles. The minimum absolute atomic E-state index is 0.0381. The van der Waals surface area contributed by atoms with Crippen LogP contribution in [0.4, 0.5) is 9.52 Å². The summed E-state index contributed by atoms with van der Waals surface area (Å²) >= 11 is 13.4. The number of Topliss-reactive ketones (excluding diaryl/α,β-unsaturated/α-hetero) is 1. The summed E-state index contributed by atoms with van der Waals surface area (Å²) in [5.74, 6) is -2.72. The topological polar surface area (TPSA) is 83.6 Å². The van der Waals surface area contributed by atoms with Crippen LogP contribution in [0.15, 0.2) is 82.5 Å². The number of hydrogen-bond donors (Lipinski definition) is 1. The zero-order valence-corrected chi connectivity index (χ0v) is 20.4. The van der Waals surface area contributed by atoms with Gasteiger partial charge in [0.05, 0.1) is 31.9 Å². The Kier molecular flexibility index (Phi) is 5.33. The molecule has 178 valence electrons. The fourth-order valence-corrected chi connectivity index (χ4v) is 5.57. The van der Waals surface area contributed by atoms with Crippen LogP contribution in [0.25, 0.3) is 21.2 Å². The number of ketones is 1. The smallest absolute Gasteiger partial charge is 0.296 e. The van der Waals surface area contributed by atoms with E-state index in [0.717, 1.165) is 11.3 Å².